The number of hydrogen-bond acceptors (Lipinski definition) is 1. The largest absolute Gasteiger partial charge is 0.369 e. The maximum atomic E-state index is 12.7. The minimum atomic E-state index is -0.532. The van der Waals surface area contributed by atoms with Crippen molar-refractivity contribution in [3.63, 3.8) is 0 Å². The molecule has 2 nitrogen and oxygen atoms in total. The average molecular weight is 188 g/mol. The van der Waals surface area contributed by atoms with E-state index in [2.05, 4.69) is 0 Å². The molecule has 0 aromatic heterocycles. The lowest BCUT2D eigenvalue weighted by molar-refractivity contribution is -0.117. The van der Waals surface area contributed by atoms with E-state index in [1.54, 1.807) is 6.07 Å². The van der Waals surface area contributed by atoms with Gasteiger partial charge < -0.3 is 5.73 Å². The zero-order valence-electron chi connectivity index (χ0n) is 6.18. The Morgan fingerprint density at radius 3 is 2.75 bits per heavy atom. The summed E-state index contributed by atoms with van der Waals surface area (Å²) in [4.78, 5) is 10.4. The summed E-state index contributed by atoms with van der Waals surface area (Å²) in [5.41, 5.74) is 5.45. The summed E-state index contributed by atoms with van der Waals surface area (Å²) in [6.07, 6.45) is 0.0358. The average Bonchev–Trinajstić information content (AvgIpc) is 1.96. The van der Waals surface area contributed by atoms with Crippen LogP contribution >= 0.6 is 11.6 Å². The standard InChI is InChI=1S/C8H7ClFNO/c9-6-2-1-5(3-7(6)10)4-8(11)12/h1-3H,4H2,(H2,11,12). The molecule has 0 aliphatic heterocycles. The van der Waals surface area contributed by atoms with Gasteiger partial charge in [-0.2, -0.15) is 0 Å². The van der Waals surface area contributed by atoms with Gasteiger partial charge in [0.2, 0.25) is 5.91 Å². The van der Waals surface area contributed by atoms with Gasteiger partial charge in [-0.3, -0.25) is 4.79 Å². The van der Waals surface area contributed by atoms with Gasteiger partial charge in [-0.25, -0.2) is 4.39 Å². The Bertz CT molecular complexity index is 314. The second-order valence-electron chi connectivity index (χ2n) is 2.39. The number of hydrogen-bond donors (Lipinski definition) is 1. The highest BCUT2D eigenvalue weighted by Crippen LogP contribution is 2.15. The van der Waals surface area contributed by atoms with E-state index in [9.17, 15) is 9.18 Å². The minimum Gasteiger partial charge on any atom is -0.369 e. The lowest BCUT2D eigenvalue weighted by Gasteiger charge is -1.98. The lowest BCUT2D eigenvalue weighted by Crippen LogP contribution is -2.13. The number of nitrogens with two attached hydrogens (primary N) is 1. The third-order valence-electron chi connectivity index (χ3n) is 1.36. The third-order valence-corrected chi connectivity index (χ3v) is 1.67. The van der Waals surface area contributed by atoms with Crippen LogP contribution in [0.2, 0.25) is 5.02 Å². The second kappa shape index (κ2) is 3.54. The number of benzene rings is 1. The van der Waals surface area contributed by atoms with Gasteiger partial charge in [0.05, 0.1) is 11.4 Å². The Morgan fingerprint density at radius 2 is 2.25 bits per heavy atom. The van der Waals surface area contributed by atoms with Gasteiger partial charge in [0.1, 0.15) is 5.82 Å². The van der Waals surface area contributed by atoms with Gasteiger partial charge in [-0.15, -0.1) is 0 Å². The topological polar surface area (TPSA) is 43.1 Å². The predicted molar refractivity (Wildman–Crippen MR) is 44.3 cm³/mol. The Kier molecular flexibility index (Phi) is 2.65. The Labute approximate surface area is 74.1 Å². The maximum Gasteiger partial charge on any atom is 0.221 e. The Hall–Kier alpha value is -1.09. The summed E-state index contributed by atoms with van der Waals surface area (Å²) in [5.74, 6) is -1.02. The normalized spacial score (nSPS) is 9.83. The van der Waals surface area contributed by atoms with E-state index in [0.717, 1.165) is 0 Å². The van der Waals surface area contributed by atoms with Gasteiger partial charge >= 0.3 is 0 Å². The van der Waals surface area contributed by atoms with E-state index < -0.39 is 11.7 Å². The molecule has 1 aromatic carbocycles. The molecule has 0 saturated heterocycles. The van der Waals surface area contributed by atoms with Crippen molar-refractivity contribution in [3.8, 4) is 0 Å². The summed E-state index contributed by atoms with van der Waals surface area (Å²) >= 11 is 5.43. The fourth-order valence-electron chi connectivity index (χ4n) is 0.851. The molecule has 0 aliphatic carbocycles. The van der Waals surface area contributed by atoms with Crippen molar-refractivity contribution in [2.45, 2.75) is 6.42 Å². The molecule has 0 aliphatic rings. The molecular weight excluding hydrogens is 181 g/mol. The van der Waals surface area contributed by atoms with E-state index in [1.165, 1.54) is 12.1 Å². The summed E-state index contributed by atoms with van der Waals surface area (Å²) in [5, 5.41) is 0.0446. The summed E-state index contributed by atoms with van der Waals surface area (Å²) in [6.45, 7) is 0. The van der Waals surface area contributed by atoms with Crippen molar-refractivity contribution in [2.75, 3.05) is 0 Å². The molecular formula is C8H7ClFNO. The first-order valence-electron chi connectivity index (χ1n) is 3.32. The van der Waals surface area contributed by atoms with Gasteiger partial charge in [0.25, 0.3) is 0 Å². The quantitative estimate of drug-likeness (QED) is 0.749. The van der Waals surface area contributed by atoms with Crippen LogP contribution in [0.15, 0.2) is 18.2 Å². The summed E-state index contributed by atoms with van der Waals surface area (Å²) < 4.78 is 12.7. The van der Waals surface area contributed by atoms with Crippen LogP contribution in [-0.2, 0) is 11.2 Å². The Morgan fingerprint density at radius 1 is 1.58 bits per heavy atom. The molecule has 0 atom stereocenters. The number of halogens is 2. The highest BCUT2D eigenvalue weighted by molar-refractivity contribution is 6.30. The Balaban J connectivity index is 2.89. The molecule has 12 heavy (non-hydrogen) atoms. The molecule has 0 saturated carbocycles. The van der Waals surface area contributed by atoms with E-state index in [4.69, 9.17) is 17.3 Å². The van der Waals surface area contributed by atoms with Crippen LogP contribution < -0.4 is 5.73 Å². The van der Waals surface area contributed by atoms with Gasteiger partial charge in [-0.1, -0.05) is 17.7 Å². The fraction of sp³-hybridized carbons (Fsp3) is 0.125. The van der Waals surface area contributed by atoms with Crippen molar-refractivity contribution in [1.82, 2.24) is 0 Å². The third kappa shape index (κ3) is 2.20. The molecule has 0 fully saturated rings. The number of amides is 1. The van der Waals surface area contributed by atoms with Crippen LogP contribution in [0.25, 0.3) is 0 Å². The number of carbonyl (C=O) groups excluding carboxylic acids is 1. The van der Waals surface area contributed by atoms with Crippen LogP contribution in [0.4, 0.5) is 4.39 Å². The van der Waals surface area contributed by atoms with Crippen molar-refractivity contribution in [3.05, 3.63) is 34.6 Å². The van der Waals surface area contributed by atoms with E-state index in [-0.39, 0.29) is 11.4 Å². The predicted octanol–water partition coefficient (Wildman–Crippen LogP) is 1.51. The lowest BCUT2D eigenvalue weighted by atomic mass is 10.1. The van der Waals surface area contributed by atoms with E-state index in [1.807, 2.05) is 0 Å². The molecule has 0 spiro atoms. The summed E-state index contributed by atoms with van der Waals surface area (Å²) in [7, 11) is 0. The van der Waals surface area contributed by atoms with Crippen molar-refractivity contribution < 1.29 is 9.18 Å². The highest BCUT2D eigenvalue weighted by Gasteiger charge is 2.02. The van der Waals surface area contributed by atoms with Crippen molar-refractivity contribution in [1.29, 1.82) is 0 Å². The molecule has 0 radical (unpaired) electrons. The number of rotatable bonds is 2. The molecule has 64 valence electrons. The molecule has 0 bridgehead atoms. The van der Waals surface area contributed by atoms with Gasteiger partial charge in [0, 0.05) is 0 Å². The molecule has 1 amide bonds. The van der Waals surface area contributed by atoms with Gasteiger partial charge in [0.15, 0.2) is 0 Å². The van der Waals surface area contributed by atoms with E-state index >= 15 is 0 Å². The van der Waals surface area contributed by atoms with Crippen LogP contribution in [0.5, 0.6) is 0 Å². The number of primary amides is 1. The molecule has 0 heterocycles. The van der Waals surface area contributed by atoms with Crippen LogP contribution in [0, 0.1) is 5.82 Å². The van der Waals surface area contributed by atoms with Crippen molar-refractivity contribution >= 4 is 17.5 Å². The highest BCUT2D eigenvalue weighted by atomic mass is 35.5. The van der Waals surface area contributed by atoms with Crippen molar-refractivity contribution in [2.24, 2.45) is 5.73 Å². The second-order valence-corrected chi connectivity index (χ2v) is 2.80. The molecule has 1 rings (SSSR count). The minimum absolute atomic E-state index is 0.0358. The first-order chi connectivity index (χ1) is 5.59. The molecule has 2 N–H and O–H groups in total. The van der Waals surface area contributed by atoms with Gasteiger partial charge in [-0.05, 0) is 17.7 Å². The monoisotopic (exact) mass is 187 g/mol. The zero-order chi connectivity index (χ0) is 9.14. The zero-order valence-corrected chi connectivity index (χ0v) is 6.94. The summed E-state index contributed by atoms with van der Waals surface area (Å²) in [6, 6.07) is 4.17. The van der Waals surface area contributed by atoms with Crippen LogP contribution in [-0.4, -0.2) is 5.91 Å². The molecule has 1 aromatic rings. The van der Waals surface area contributed by atoms with Crippen LogP contribution in [0.1, 0.15) is 5.56 Å². The SMILES string of the molecule is NC(=O)Cc1ccc(Cl)c(F)c1. The first-order valence-corrected chi connectivity index (χ1v) is 3.69. The van der Waals surface area contributed by atoms with Crippen LogP contribution in [0.3, 0.4) is 0 Å². The molecule has 4 heteroatoms. The molecule has 0 unspecified atom stereocenters. The first kappa shape index (κ1) is 9.00. The smallest absolute Gasteiger partial charge is 0.221 e. The van der Waals surface area contributed by atoms with E-state index in [0.29, 0.717) is 5.56 Å². The fourth-order valence-corrected chi connectivity index (χ4v) is 0.968. The number of carbonyl (C=O) groups is 1. The maximum absolute atomic E-state index is 12.7.